The van der Waals surface area contributed by atoms with Crippen LogP contribution in [0.1, 0.15) is 5.56 Å². The molecular formula is C9H11NO4. The Balaban J connectivity index is 2.95. The largest absolute Gasteiger partial charge is 0.393 e. The summed E-state index contributed by atoms with van der Waals surface area (Å²) >= 11 is 0. The third-order valence-corrected chi connectivity index (χ3v) is 1.96. The van der Waals surface area contributed by atoms with Crippen molar-refractivity contribution >= 4 is 0 Å². The quantitative estimate of drug-likeness (QED) is 0.531. The maximum atomic E-state index is 10.3. The van der Waals surface area contributed by atoms with Crippen LogP contribution in [-0.2, 0) is 5.60 Å². The summed E-state index contributed by atoms with van der Waals surface area (Å²) in [6, 6.07) is 8.11. The predicted molar refractivity (Wildman–Crippen MR) is 49.3 cm³/mol. The van der Waals surface area contributed by atoms with E-state index < -0.39 is 23.7 Å². The van der Waals surface area contributed by atoms with Gasteiger partial charge in [0.05, 0.1) is 6.61 Å². The molecule has 1 aromatic carbocycles. The van der Waals surface area contributed by atoms with E-state index in [-0.39, 0.29) is 0 Å². The van der Waals surface area contributed by atoms with Gasteiger partial charge in [-0.3, -0.25) is 10.1 Å². The van der Waals surface area contributed by atoms with E-state index in [0.717, 1.165) is 0 Å². The first kappa shape index (κ1) is 10.6. The SMILES string of the molecule is O=[N+]([O-])C[C@](O)(CO)c1ccccc1. The van der Waals surface area contributed by atoms with Crippen LogP contribution in [0.4, 0.5) is 0 Å². The molecular weight excluding hydrogens is 186 g/mol. The van der Waals surface area contributed by atoms with Crippen LogP contribution in [0.3, 0.4) is 0 Å². The van der Waals surface area contributed by atoms with Crippen molar-refractivity contribution in [1.29, 1.82) is 0 Å². The Kier molecular flexibility index (Phi) is 3.16. The van der Waals surface area contributed by atoms with E-state index in [0.29, 0.717) is 5.56 Å². The Bertz CT molecular complexity index is 314. The molecule has 0 radical (unpaired) electrons. The van der Waals surface area contributed by atoms with Gasteiger partial charge in [0.15, 0.2) is 5.60 Å². The molecule has 0 saturated heterocycles. The summed E-state index contributed by atoms with van der Waals surface area (Å²) in [4.78, 5) is 9.63. The lowest BCUT2D eigenvalue weighted by molar-refractivity contribution is -0.504. The van der Waals surface area contributed by atoms with E-state index in [2.05, 4.69) is 0 Å². The van der Waals surface area contributed by atoms with Gasteiger partial charge in [0.2, 0.25) is 6.54 Å². The lowest BCUT2D eigenvalue weighted by atomic mass is 9.95. The van der Waals surface area contributed by atoms with E-state index in [4.69, 9.17) is 5.11 Å². The van der Waals surface area contributed by atoms with Gasteiger partial charge >= 0.3 is 0 Å². The standard InChI is InChI=1S/C9H11NO4/c11-7-9(12,6-10(13)14)8-4-2-1-3-5-8/h1-5,11-12H,6-7H2/t9-/m0/s1. The summed E-state index contributed by atoms with van der Waals surface area (Å²) in [5, 5.41) is 29.0. The third-order valence-electron chi connectivity index (χ3n) is 1.96. The third kappa shape index (κ3) is 2.27. The molecule has 0 aliphatic heterocycles. The van der Waals surface area contributed by atoms with Crippen LogP contribution in [0.25, 0.3) is 0 Å². The zero-order valence-corrected chi connectivity index (χ0v) is 7.46. The zero-order valence-electron chi connectivity index (χ0n) is 7.46. The van der Waals surface area contributed by atoms with E-state index in [1.54, 1.807) is 30.3 Å². The van der Waals surface area contributed by atoms with E-state index in [1.165, 1.54) is 0 Å². The second kappa shape index (κ2) is 4.17. The van der Waals surface area contributed by atoms with Crippen molar-refractivity contribution < 1.29 is 15.1 Å². The Morgan fingerprint density at radius 2 is 1.93 bits per heavy atom. The number of hydrogen-bond donors (Lipinski definition) is 2. The fourth-order valence-electron chi connectivity index (χ4n) is 1.19. The minimum absolute atomic E-state index is 0.346. The van der Waals surface area contributed by atoms with Crippen LogP contribution >= 0.6 is 0 Å². The van der Waals surface area contributed by atoms with Crippen molar-refractivity contribution in [2.45, 2.75) is 5.60 Å². The number of aliphatic hydroxyl groups is 2. The van der Waals surface area contributed by atoms with Gasteiger partial charge in [0.1, 0.15) is 0 Å². The average Bonchev–Trinajstić information content (AvgIpc) is 2.18. The lowest BCUT2D eigenvalue weighted by Gasteiger charge is -2.21. The van der Waals surface area contributed by atoms with Gasteiger partial charge < -0.3 is 10.2 Å². The smallest absolute Gasteiger partial charge is 0.238 e. The Morgan fingerprint density at radius 1 is 1.36 bits per heavy atom. The highest BCUT2D eigenvalue weighted by molar-refractivity contribution is 5.22. The first-order valence-corrected chi connectivity index (χ1v) is 4.09. The maximum Gasteiger partial charge on any atom is 0.238 e. The minimum Gasteiger partial charge on any atom is -0.393 e. The number of rotatable bonds is 4. The molecule has 5 heteroatoms. The number of nitrogens with zero attached hydrogens (tertiary/aromatic N) is 1. The predicted octanol–water partition coefficient (Wildman–Crippen LogP) is 0.143. The highest BCUT2D eigenvalue weighted by Gasteiger charge is 2.34. The molecule has 0 fully saturated rings. The second-order valence-electron chi connectivity index (χ2n) is 3.05. The topological polar surface area (TPSA) is 83.6 Å². The summed E-state index contributed by atoms with van der Waals surface area (Å²) in [5.74, 6) is 0. The van der Waals surface area contributed by atoms with Gasteiger partial charge in [-0.1, -0.05) is 30.3 Å². The van der Waals surface area contributed by atoms with Gasteiger partial charge in [-0.2, -0.15) is 0 Å². The first-order valence-electron chi connectivity index (χ1n) is 4.09. The zero-order chi connectivity index (χ0) is 10.6. The van der Waals surface area contributed by atoms with Crippen LogP contribution in [-0.4, -0.2) is 28.3 Å². The molecule has 0 saturated carbocycles. The monoisotopic (exact) mass is 197 g/mol. The van der Waals surface area contributed by atoms with Crippen LogP contribution in [0.5, 0.6) is 0 Å². The number of benzene rings is 1. The maximum absolute atomic E-state index is 10.3. The molecule has 76 valence electrons. The lowest BCUT2D eigenvalue weighted by Crippen LogP contribution is -2.37. The minimum atomic E-state index is -1.79. The van der Waals surface area contributed by atoms with Crippen LogP contribution in [0, 0.1) is 10.1 Å². The van der Waals surface area contributed by atoms with Crippen molar-refractivity contribution in [2.75, 3.05) is 13.2 Å². The summed E-state index contributed by atoms with van der Waals surface area (Å²) in [6.45, 7) is -1.37. The Hall–Kier alpha value is -1.46. The van der Waals surface area contributed by atoms with E-state index in [1.807, 2.05) is 0 Å². The number of nitro groups is 1. The van der Waals surface area contributed by atoms with Crippen molar-refractivity contribution in [3.05, 3.63) is 46.0 Å². The summed E-state index contributed by atoms with van der Waals surface area (Å²) in [7, 11) is 0. The normalized spacial score (nSPS) is 14.7. The average molecular weight is 197 g/mol. The molecule has 14 heavy (non-hydrogen) atoms. The second-order valence-corrected chi connectivity index (χ2v) is 3.05. The van der Waals surface area contributed by atoms with Gasteiger partial charge in [0, 0.05) is 4.92 Å². The van der Waals surface area contributed by atoms with Crippen LogP contribution in [0.15, 0.2) is 30.3 Å². The Morgan fingerprint density at radius 3 is 2.36 bits per heavy atom. The summed E-state index contributed by atoms with van der Waals surface area (Å²) in [6.07, 6.45) is 0. The molecule has 0 amide bonds. The summed E-state index contributed by atoms with van der Waals surface area (Å²) in [5.41, 5.74) is -1.44. The van der Waals surface area contributed by atoms with E-state index in [9.17, 15) is 15.2 Å². The molecule has 0 unspecified atom stereocenters. The molecule has 0 aliphatic carbocycles. The first-order chi connectivity index (χ1) is 6.58. The van der Waals surface area contributed by atoms with Gasteiger partial charge in [0.25, 0.3) is 0 Å². The molecule has 1 atom stereocenters. The fraction of sp³-hybridized carbons (Fsp3) is 0.333. The molecule has 0 aliphatic rings. The number of aliphatic hydroxyl groups excluding tert-OH is 1. The molecule has 0 bridgehead atoms. The van der Waals surface area contributed by atoms with Crippen molar-refractivity contribution in [3.63, 3.8) is 0 Å². The molecule has 0 aromatic heterocycles. The highest BCUT2D eigenvalue weighted by Crippen LogP contribution is 2.20. The van der Waals surface area contributed by atoms with Crippen LogP contribution < -0.4 is 0 Å². The van der Waals surface area contributed by atoms with Gasteiger partial charge in [-0.05, 0) is 5.56 Å². The van der Waals surface area contributed by atoms with Crippen LogP contribution in [0.2, 0.25) is 0 Å². The molecule has 1 rings (SSSR count). The molecule has 0 spiro atoms. The fourth-order valence-corrected chi connectivity index (χ4v) is 1.19. The molecule has 1 aromatic rings. The van der Waals surface area contributed by atoms with Crippen molar-refractivity contribution in [2.24, 2.45) is 0 Å². The van der Waals surface area contributed by atoms with Gasteiger partial charge in [-0.15, -0.1) is 0 Å². The van der Waals surface area contributed by atoms with Crippen molar-refractivity contribution in [3.8, 4) is 0 Å². The summed E-state index contributed by atoms with van der Waals surface area (Å²) < 4.78 is 0. The number of hydrogen-bond acceptors (Lipinski definition) is 4. The van der Waals surface area contributed by atoms with Crippen molar-refractivity contribution in [1.82, 2.24) is 0 Å². The molecule has 5 nitrogen and oxygen atoms in total. The molecule has 2 N–H and O–H groups in total. The van der Waals surface area contributed by atoms with Gasteiger partial charge in [-0.25, -0.2) is 0 Å². The van der Waals surface area contributed by atoms with E-state index >= 15 is 0 Å². The Labute approximate surface area is 80.8 Å². The molecule has 0 heterocycles. The highest BCUT2D eigenvalue weighted by atomic mass is 16.6.